The summed E-state index contributed by atoms with van der Waals surface area (Å²) in [6, 6.07) is 13.2. The third-order valence-corrected chi connectivity index (χ3v) is 4.05. The van der Waals surface area contributed by atoms with Crippen LogP contribution in [0.4, 0.5) is 5.69 Å². The minimum Gasteiger partial charge on any atom is -0.493 e. The summed E-state index contributed by atoms with van der Waals surface area (Å²) in [5.74, 6) is 1.60. The van der Waals surface area contributed by atoms with Gasteiger partial charge in [-0.25, -0.2) is 4.98 Å². The second kappa shape index (κ2) is 6.41. The summed E-state index contributed by atoms with van der Waals surface area (Å²) in [5, 5.41) is 0.633. The minimum atomic E-state index is 0.585. The summed E-state index contributed by atoms with van der Waals surface area (Å²) in [6.07, 6.45) is 0. The predicted molar refractivity (Wildman–Crippen MR) is 88.8 cm³/mol. The van der Waals surface area contributed by atoms with Crippen LogP contribution in [0.3, 0.4) is 0 Å². The van der Waals surface area contributed by atoms with E-state index in [0.29, 0.717) is 23.1 Å². The lowest BCUT2D eigenvalue weighted by Crippen LogP contribution is -1.99. The van der Waals surface area contributed by atoms with E-state index in [0.717, 1.165) is 21.5 Å². The van der Waals surface area contributed by atoms with Crippen molar-refractivity contribution in [2.45, 2.75) is 5.22 Å². The highest BCUT2D eigenvalue weighted by Gasteiger charge is 2.06. The maximum atomic E-state index is 5.71. The predicted octanol–water partition coefficient (Wildman–Crippen LogP) is 4.34. The second-order valence-electron chi connectivity index (χ2n) is 4.36. The first-order valence-electron chi connectivity index (χ1n) is 6.38. The molecule has 2 N–H and O–H groups in total. The fraction of sp³-hybridized carbons (Fsp3) is 0.133. The Hall–Kier alpha value is -1.66. The maximum Gasteiger partial charge on any atom is 0.256 e. The number of benzene rings is 2. The number of nitrogens with two attached hydrogens (primary N) is 1. The lowest BCUT2D eigenvalue weighted by Gasteiger charge is -2.04. The first-order valence-corrected chi connectivity index (χ1v) is 8.16. The van der Waals surface area contributed by atoms with E-state index in [2.05, 4.69) is 20.9 Å². The summed E-state index contributed by atoms with van der Waals surface area (Å²) >= 11 is 4.93. The number of anilines is 1. The van der Waals surface area contributed by atoms with E-state index in [1.165, 1.54) is 11.8 Å². The molecule has 1 aromatic heterocycles. The van der Waals surface area contributed by atoms with Gasteiger partial charge in [-0.3, -0.25) is 0 Å². The Balaban J connectivity index is 1.54. The van der Waals surface area contributed by atoms with Crippen molar-refractivity contribution >= 4 is 44.5 Å². The zero-order valence-electron chi connectivity index (χ0n) is 11.1. The smallest absolute Gasteiger partial charge is 0.256 e. The highest BCUT2D eigenvalue weighted by atomic mass is 79.9. The highest BCUT2D eigenvalue weighted by molar-refractivity contribution is 9.10. The highest BCUT2D eigenvalue weighted by Crippen LogP contribution is 2.25. The number of aromatic nitrogens is 1. The fourth-order valence-electron chi connectivity index (χ4n) is 1.83. The van der Waals surface area contributed by atoms with E-state index in [4.69, 9.17) is 14.9 Å². The molecule has 2 aromatic carbocycles. The van der Waals surface area contributed by atoms with E-state index in [1.54, 1.807) is 6.07 Å². The molecule has 0 aliphatic rings. The Morgan fingerprint density at radius 2 is 2.14 bits per heavy atom. The van der Waals surface area contributed by atoms with Crippen LogP contribution in [-0.2, 0) is 0 Å². The molecule has 0 bridgehead atoms. The van der Waals surface area contributed by atoms with Crippen molar-refractivity contribution < 1.29 is 9.15 Å². The SMILES string of the molecule is Nc1ccc2nc(SCCOc3cccc(Br)c3)oc2c1. The number of fused-ring (bicyclic) bond motifs is 1. The first-order chi connectivity index (χ1) is 10.2. The summed E-state index contributed by atoms with van der Waals surface area (Å²) in [5.41, 5.74) is 7.92. The van der Waals surface area contributed by atoms with E-state index in [1.807, 2.05) is 36.4 Å². The van der Waals surface area contributed by atoms with Gasteiger partial charge in [-0.2, -0.15) is 0 Å². The number of oxazole rings is 1. The molecule has 3 aromatic rings. The van der Waals surface area contributed by atoms with Crippen molar-refractivity contribution in [3.8, 4) is 5.75 Å². The zero-order chi connectivity index (χ0) is 14.7. The molecule has 4 nitrogen and oxygen atoms in total. The molecular weight excluding hydrogens is 352 g/mol. The van der Waals surface area contributed by atoms with Crippen molar-refractivity contribution in [3.63, 3.8) is 0 Å². The number of rotatable bonds is 5. The minimum absolute atomic E-state index is 0.585. The van der Waals surface area contributed by atoms with Crippen LogP contribution in [0.1, 0.15) is 0 Å². The number of hydrogen-bond donors (Lipinski definition) is 1. The van der Waals surface area contributed by atoms with Gasteiger partial charge in [0.25, 0.3) is 5.22 Å². The third-order valence-electron chi connectivity index (χ3n) is 2.77. The van der Waals surface area contributed by atoms with Crippen LogP contribution >= 0.6 is 27.7 Å². The van der Waals surface area contributed by atoms with Gasteiger partial charge < -0.3 is 14.9 Å². The summed E-state index contributed by atoms with van der Waals surface area (Å²) in [6.45, 7) is 0.585. The monoisotopic (exact) mass is 364 g/mol. The lowest BCUT2D eigenvalue weighted by atomic mass is 10.3. The third kappa shape index (κ3) is 3.71. The topological polar surface area (TPSA) is 61.3 Å². The van der Waals surface area contributed by atoms with Crippen molar-refractivity contribution in [1.29, 1.82) is 0 Å². The molecule has 21 heavy (non-hydrogen) atoms. The van der Waals surface area contributed by atoms with Crippen LogP contribution in [0.5, 0.6) is 5.75 Å². The number of halogens is 1. The summed E-state index contributed by atoms with van der Waals surface area (Å²) in [7, 11) is 0. The molecule has 0 fully saturated rings. The molecule has 0 radical (unpaired) electrons. The number of ether oxygens (including phenoxy) is 1. The van der Waals surface area contributed by atoms with Gasteiger partial charge in [0.05, 0.1) is 6.61 Å². The second-order valence-corrected chi connectivity index (χ2v) is 6.32. The molecular formula is C15H13BrN2O2S. The summed E-state index contributed by atoms with van der Waals surface area (Å²) < 4.78 is 12.3. The maximum absolute atomic E-state index is 5.71. The molecule has 6 heteroatoms. The van der Waals surface area contributed by atoms with Gasteiger partial charge in [-0.05, 0) is 30.3 Å². The molecule has 0 amide bonds. The van der Waals surface area contributed by atoms with Crippen molar-refractivity contribution in [2.24, 2.45) is 0 Å². The molecule has 0 aliphatic carbocycles. The van der Waals surface area contributed by atoms with Crippen LogP contribution in [0.15, 0.2) is 56.6 Å². The van der Waals surface area contributed by atoms with Gasteiger partial charge >= 0.3 is 0 Å². The van der Waals surface area contributed by atoms with Gasteiger partial charge in [0, 0.05) is 22.0 Å². The summed E-state index contributed by atoms with van der Waals surface area (Å²) in [4.78, 5) is 4.39. The average molecular weight is 365 g/mol. The Labute approximate surface area is 134 Å². The van der Waals surface area contributed by atoms with E-state index >= 15 is 0 Å². The van der Waals surface area contributed by atoms with Crippen LogP contribution in [0.25, 0.3) is 11.1 Å². The molecule has 3 rings (SSSR count). The molecule has 1 heterocycles. The molecule has 0 unspecified atom stereocenters. The fourth-order valence-corrected chi connectivity index (χ4v) is 2.86. The Kier molecular flexibility index (Phi) is 4.36. The van der Waals surface area contributed by atoms with Gasteiger partial charge in [0.1, 0.15) is 11.3 Å². The molecule has 0 saturated carbocycles. The lowest BCUT2D eigenvalue weighted by molar-refractivity contribution is 0.343. The Bertz CT molecular complexity index is 760. The quantitative estimate of drug-likeness (QED) is 0.414. The zero-order valence-corrected chi connectivity index (χ0v) is 13.5. The van der Waals surface area contributed by atoms with E-state index < -0.39 is 0 Å². The normalized spacial score (nSPS) is 10.9. The van der Waals surface area contributed by atoms with Gasteiger partial charge in [-0.1, -0.05) is 33.8 Å². The Morgan fingerprint density at radius 1 is 1.24 bits per heavy atom. The van der Waals surface area contributed by atoms with Gasteiger partial charge in [-0.15, -0.1) is 0 Å². The molecule has 0 spiro atoms. The average Bonchev–Trinajstić information content (AvgIpc) is 2.85. The number of nitrogen functional groups attached to an aromatic ring is 1. The van der Waals surface area contributed by atoms with Crippen LogP contribution in [0, 0.1) is 0 Å². The Morgan fingerprint density at radius 3 is 3.00 bits per heavy atom. The van der Waals surface area contributed by atoms with Crippen molar-refractivity contribution in [3.05, 3.63) is 46.9 Å². The van der Waals surface area contributed by atoms with Gasteiger partial charge in [0.2, 0.25) is 0 Å². The first kappa shape index (κ1) is 14.3. The number of thioether (sulfide) groups is 1. The standard InChI is InChI=1S/C15H13BrN2O2S/c16-10-2-1-3-12(8-10)19-6-7-21-15-18-13-5-4-11(17)9-14(13)20-15/h1-5,8-9H,6-7,17H2. The van der Waals surface area contributed by atoms with E-state index in [9.17, 15) is 0 Å². The largest absolute Gasteiger partial charge is 0.493 e. The van der Waals surface area contributed by atoms with Crippen LogP contribution in [-0.4, -0.2) is 17.3 Å². The number of hydrogen-bond acceptors (Lipinski definition) is 5. The van der Waals surface area contributed by atoms with E-state index in [-0.39, 0.29) is 0 Å². The molecule has 0 saturated heterocycles. The molecule has 108 valence electrons. The van der Waals surface area contributed by atoms with Crippen LogP contribution in [0.2, 0.25) is 0 Å². The van der Waals surface area contributed by atoms with Crippen molar-refractivity contribution in [2.75, 3.05) is 18.1 Å². The van der Waals surface area contributed by atoms with Gasteiger partial charge in [0.15, 0.2) is 5.58 Å². The van der Waals surface area contributed by atoms with Crippen LogP contribution < -0.4 is 10.5 Å². The van der Waals surface area contributed by atoms with Crippen molar-refractivity contribution in [1.82, 2.24) is 4.98 Å². The number of nitrogens with zero attached hydrogens (tertiary/aromatic N) is 1. The molecule has 0 aliphatic heterocycles. The molecule has 0 atom stereocenters.